The molecule has 0 aliphatic carbocycles. The van der Waals surface area contributed by atoms with Crippen LogP contribution in [0.15, 0.2) is 18.2 Å². The van der Waals surface area contributed by atoms with Gasteiger partial charge in [-0.15, -0.1) is 0 Å². The van der Waals surface area contributed by atoms with Gasteiger partial charge >= 0.3 is 0 Å². The molecule has 1 aromatic carbocycles. The predicted molar refractivity (Wildman–Crippen MR) is 67.5 cm³/mol. The van der Waals surface area contributed by atoms with Gasteiger partial charge in [0, 0.05) is 11.6 Å². The van der Waals surface area contributed by atoms with Crippen LogP contribution >= 0.6 is 11.3 Å². The van der Waals surface area contributed by atoms with E-state index in [0.29, 0.717) is 5.13 Å². The Morgan fingerprint density at radius 1 is 1.50 bits per heavy atom. The largest absolute Gasteiger partial charge is 0.375 e. The Labute approximate surface area is 97.5 Å². The van der Waals surface area contributed by atoms with Crippen molar-refractivity contribution in [3.63, 3.8) is 0 Å². The maximum atomic E-state index is 11.5. The fourth-order valence-electron chi connectivity index (χ4n) is 1.31. The Kier molecular flexibility index (Phi) is 2.78. The van der Waals surface area contributed by atoms with E-state index >= 15 is 0 Å². The highest BCUT2D eigenvalue weighted by atomic mass is 32.1. The number of nitrogens with zero attached hydrogens (tertiary/aromatic N) is 1. The number of hydrogen-bond acceptors (Lipinski definition) is 4. The summed E-state index contributed by atoms with van der Waals surface area (Å²) in [4.78, 5) is 15.7. The molecule has 1 heterocycles. The Morgan fingerprint density at radius 2 is 2.25 bits per heavy atom. The summed E-state index contributed by atoms with van der Waals surface area (Å²) in [6.45, 7) is 3.72. The lowest BCUT2D eigenvalue weighted by Gasteiger charge is -2.06. The molecule has 0 radical (unpaired) electrons. The number of anilines is 2. The van der Waals surface area contributed by atoms with E-state index in [-0.39, 0.29) is 11.8 Å². The minimum Gasteiger partial charge on any atom is -0.375 e. The van der Waals surface area contributed by atoms with E-state index in [9.17, 15) is 4.79 Å². The number of nitrogen functional groups attached to an aromatic ring is 1. The second kappa shape index (κ2) is 4.09. The van der Waals surface area contributed by atoms with Crippen molar-refractivity contribution >= 4 is 38.3 Å². The molecule has 0 saturated heterocycles. The highest BCUT2D eigenvalue weighted by Crippen LogP contribution is 2.26. The van der Waals surface area contributed by atoms with Crippen molar-refractivity contribution in [3.05, 3.63) is 18.2 Å². The van der Waals surface area contributed by atoms with Crippen molar-refractivity contribution in [3.8, 4) is 0 Å². The summed E-state index contributed by atoms with van der Waals surface area (Å²) in [7, 11) is 0. The van der Waals surface area contributed by atoms with Crippen LogP contribution in [0.5, 0.6) is 0 Å². The van der Waals surface area contributed by atoms with Crippen LogP contribution in [0.2, 0.25) is 0 Å². The molecule has 2 aromatic rings. The van der Waals surface area contributed by atoms with Gasteiger partial charge in [0.1, 0.15) is 0 Å². The molecule has 0 fully saturated rings. The molecule has 3 N–H and O–H groups in total. The van der Waals surface area contributed by atoms with E-state index in [4.69, 9.17) is 5.73 Å². The summed E-state index contributed by atoms with van der Waals surface area (Å²) in [5.41, 5.74) is 7.26. The number of fused-ring (bicyclic) bond motifs is 1. The molecule has 0 unspecified atom stereocenters. The number of aromatic nitrogens is 1. The number of rotatable bonds is 2. The molecule has 2 rings (SSSR count). The van der Waals surface area contributed by atoms with Crippen molar-refractivity contribution in [1.29, 1.82) is 0 Å². The third kappa shape index (κ3) is 2.14. The molecule has 1 aromatic heterocycles. The van der Waals surface area contributed by atoms with Gasteiger partial charge in [-0.3, -0.25) is 4.79 Å². The Hall–Kier alpha value is -1.62. The first-order valence-electron chi connectivity index (χ1n) is 5.03. The lowest BCUT2D eigenvalue weighted by Crippen LogP contribution is -2.17. The van der Waals surface area contributed by atoms with Crippen LogP contribution in [0, 0.1) is 5.92 Å². The zero-order valence-electron chi connectivity index (χ0n) is 9.15. The molecule has 0 atom stereocenters. The van der Waals surface area contributed by atoms with E-state index in [1.165, 1.54) is 11.3 Å². The number of amides is 1. The minimum atomic E-state index is -0.0257. The normalized spacial score (nSPS) is 10.9. The van der Waals surface area contributed by atoms with Gasteiger partial charge in [0.25, 0.3) is 0 Å². The maximum absolute atomic E-state index is 11.5. The van der Waals surface area contributed by atoms with E-state index in [2.05, 4.69) is 10.3 Å². The molecule has 1 amide bonds. The Bertz CT molecular complexity index is 533. The van der Waals surface area contributed by atoms with Gasteiger partial charge in [0.2, 0.25) is 5.91 Å². The summed E-state index contributed by atoms with van der Waals surface area (Å²) in [5, 5.41) is 3.39. The summed E-state index contributed by atoms with van der Waals surface area (Å²) >= 11 is 1.42. The fraction of sp³-hybridized carbons (Fsp3) is 0.273. The molecule has 0 aliphatic heterocycles. The van der Waals surface area contributed by atoms with Crippen LogP contribution in [0.1, 0.15) is 13.8 Å². The van der Waals surface area contributed by atoms with Gasteiger partial charge in [-0.05, 0) is 18.2 Å². The molecule has 16 heavy (non-hydrogen) atoms. The third-order valence-electron chi connectivity index (χ3n) is 2.20. The molecule has 0 spiro atoms. The number of carbonyl (C=O) groups is 1. The molecule has 4 nitrogen and oxygen atoms in total. The highest BCUT2D eigenvalue weighted by Gasteiger charge is 2.08. The molecule has 0 bridgehead atoms. The van der Waals surface area contributed by atoms with Gasteiger partial charge in [-0.1, -0.05) is 25.2 Å². The number of nitrogens with two attached hydrogens (primary N) is 1. The van der Waals surface area contributed by atoms with Gasteiger partial charge in [0.15, 0.2) is 5.13 Å². The molecule has 0 aliphatic rings. The lowest BCUT2D eigenvalue weighted by molar-refractivity contribution is -0.118. The SMILES string of the molecule is CC(C)C(=O)Nc1ccc2nc(N)sc2c1. The third-order valence-corrected chi connectivity index (χ3v) is 3.04. The smallest absolute Gasteiger partial charge is 0.226 e. The van der Waals surface area contributed by atoms with Gasteiger partial charge < -0.3 is 11.1 Å². The second-order valence-electron chi connectivity index (χ2n) is 3.88. The van der Waals surface area contributed by atoms with E-state index < -0.39 is 0 Å². The predicted octanol–water partition coefficient (Wildman–Crippen LogP) is 2.47. The van der Waals surface area contributed by atoms with Crippen LogP contribution < -0.4 is 11.1 Å². The zero-order chi connectivity index (χ0) is 11.7. The average molecular weight is 235 g/mol. The van der Waals surface area contributed by atoms with Gasteiger partial charge in [-0.25, -0.2) is 4.98 Å². The summed E-state index contributed by atoms with van der Waals surface area (Å²) < 4.78 is 0.985. The average Bonchev–Trinajstić information content (AvgIpc) is 2.57. The highest BCUT2D eigenvalue weighted by molar-refractivity contribution is 7.22. The van der Waals surface area contributed by atoms with E-state index in [0.717, 1.165) is 15.9 Å². The van der Waals surface area contributed by atoms with E-state index in [1.54, 1.807) is 0 Å². The maximum Gasteiger partial charge on any atom is 0.226 e. The standard InChI is InChI=1S/C11H13N3OS/c1-6(2)10(15)13-7-3-4-8-9(5-7)16-11(12)14-8/h3-6H,1-2H3,(H2,12,14)(H,13,15). The number of carbonyl (C=O) groups excluding carboxylic acids is 1. The monoisotopic (exact) mass is 235 g/mol. The minimum absolute atomic E-state index is 0.0110. The Morgan fingerprint density at radius 3 is 2.94 bits per heavy atom. The molecular weight excluding hydrogens is 222 g/mol. The zero-order valence-corrected chi connectivity index (χ0v) is 9.97. The molecule has 0 saturated carbocycles. The lowest BCUT2D eigenvalue weighted by atomic mass is 10.2. The van der Waals surface area contributed by atoms with Crippen molar-refractivity contribution < 1.29 is 4.79 Å². The van der Waals surface area contributed by atoms with Crippen LogP contribution in [0.4, 0.5) is 10.8 Å². The summed E-state index contributed by atoms with van der Waals surface area (Å²) in [5.74, 6) is -0.0148. The first kappa shape index (κ1) is 10.9. The number of benzene rings is 1. The number of nitrogens with one attached hydrogen (secondary N) is 1. The topological polar surface area (TPSA) is 68.0 Å². The van der Waals surface area contributed by atoms with Crippen LogP contribution in [-0.2, 0) is 4.79 Å². The van der Waals surface area contributed by atoms with Crippen LogP contribution in [0.25, 0.3) is 10.2 Å². The van der Waals surface area contributed by atoms with Crippen LogP contribution in [0.3, 0.4) is 0 Å². The quantitative estimate of drug-likeness (QED) is 0.840. The molecule has 5 heteroatoms. The molecule has 84 valence electrons. The Balaban J connectivity index is 2.29. The fourth-order valence-corrected chi connectivity index (χ4v) is 2.08. The first-order chi connectivity index (χ1) is 7.56. The van der Waals surface area contributed by atoms with Gasteiger partial charge in [0.05, 0.1) is 10.2 Å². The van der Waals surface area contributed by atoms with Crippen molar-refractivity contribution in [2.45, 2.75) is 13.8 Å². The van der Waals surface area contributed by atoms with Crippen LogP contribution in [-0.4, -0.2) is 10.9 Å². The van der Waals surface area contributed by atoms with Crippen molar-refractivity contribution in [2.24, 2.45) is 5.92 Å². The van der Waals surface area contributed by atoms with Crippen molar-refractivity contribution in [1.82, 2.24) is 4.98 Å². The van der Waals surface area contributed by atoms with E-state index in [1.807, 2.05) is 32.0 Å². The summed E-state index contributed by atoms with van der Waals surface area (Å²) in [6.07, 6.45) is 0. The number of hydrogen-bond donors (Lipinski definition) is 2. The van der Waals surface area contributed by atoms with Crippen molar-refractivity contribution in [2.75, 3.05) is 11.1 Å². The van der Waals surface area contributed by atoms with Gasteiger partial charge in [-0.2, -0.15) is 0 Å². The summed E-state index contributed by atoms with van der Waals surface area (Å²) in [6, 6.07) is 5.59. The molecular formula is C11H13N3OS. The first-order valence-corrected chi connectivity index (χ1v) is 5.85. The second-order valence-corrected chi connectivity index (χ2v) is 4.94. The number of thiazole rings is 1.